The number of rotatable bonds is 3. The Hall–Kier alpha value is -2.40. The van der Waals surface area contributed by atoms with Gasteiger partial charge in [-0.05, 0) is 70.8 Å². The average Bonchev–Trinajstić information content (AvgIpc) is 3.30. The SMILES string of the molecule is CC.CC#N.C[C@H]1CCc2sc3ncnc(NC4CCC(NC(=O)OC(C)(C)C)CC4)c3c21. The predicted molar refractivity (Wildman–Crippen MR) is 136 cm³/mol. The van der Waals surface area contributed by atoms with Gasteiger partial charge in [0.25, 0.3) is 0 Å². The molecule has 0 bridgehead atoms. The monoisotopic (exact) mass is 473 g/mol. The van der Waals surface area contributed by atoms with Gasteiger partial charge in [-0.2, -0.15) is 5.26 Å². The van der Waals surface area contributed by atoms with Crippen molar-refractivity contribution in [1.82, 2.24) is 15.3 Å². The molecule has 2 aromatic heterocycles. The van der Waals surface area contributed by atoms with Crippen molar-refractivity contribution < 1.29 is 9.53 Å². The van der Waals surface area contributed by atoms with Crippen molar-refractivity contribution in [3.8, 4) is 6.07 Å². The van der Waals surface area contributed by atoms with E-state index in [2.05, 4.69) is 27.5 Å². The van der Waals surface area contributed by atoms with Gasteiger partial charge in [-0.3, -0.25) is 0 Å². The molecule has 1 saturated carbocycles. The predicted octanol–water partition coefficient (Wildman–Crippen LogP) is 6.54. The van der Waals surface area contributed by atoms with Crippen LogP contribution in [0.15, 0.2) is 6.33 Å². The van der Waals surface area contributed by atoms with Crippen LogP contribution in [-0.4, -0.2) is 33.7 Å². The minimum absolute atomic E-state index is 0.184. The molecule has 1 amide bonds. The number of nitrogens with zero attached hydrogens (tertiary/aromatic N) is 3. The first-order chi connectivity index (χ1) is 15.7. The first-order valence-electron chi connectivity index (χ1n) is 12.0. The number of fused-ring (bicyclic) bond motifs is 3. The van der Waals surface area contributed by atoms with Crippen LogP contribution in [0, 0.1) is 11.3 Å². The van der Waals surface area contributed by atoms with Crippen LogP contribution in [0.5, 0.6) is 0 Å². The summed E-state index contributed by atoms with van der Waals surface area (Å²) in [6.45, 7) is 13.4. The number of ether oxygens (including phenoxy) is 1. The highest BCUT2D eigenvalue weighted by atomic mass is 32.1. The van der Waals surface area contributed by atoms with E-state index in [9.17, 15) is 4.79 Å². The molecule has 0 saturated heterocycles. The highest BCUT2D eigenvalue weighted by Crippen LogP contribution is 2.45. The highest BCUT2D eigenvalue weighted by molar-refractivity contribution is 7.19. The van der Waals surface area contributed by atoms with Crippen molar-refractivity contribution in [2.45, 2.75) is 111 Å². The molecule has 0 radical (unpaired) electrons. The third-order valence-electron chi connectivity index (χ3n) is 5.69. The fraction of sp³-hybridized carbons (Fsp3) is 0.680. The zero-order chi connectivity index (χ0) is 24.6. The molecule has 182 valence electrons. The van der Waals surface area contributed by atoms with E-state index in [0.29, 0.717) is 12.0 Å². The lowest BCUT2D eigenvalue weighted by atomic mass is 9.91. The number of thiophene rings is 1. The molecular weight excluding hydrogens is 434 g/mol. The summed E-state index contributed by atoms with van der Waals surface area (Å²) in [5.41, 5.74) is 1.00. The number of nitriles is 1. The van der Waals surface area contributed by atoms with Gasteiger partial charge < -0.3 is 15.4 Å². The van der Waals surface area contributed by atoms with Crippen molar-refractivity contribution in [1.29, 1.82) is 5.26 Å². The highest BCUT2D eigenvalue weighted by Gasteiger charge is 2.29. The van der Waals surface area contributed by atoms with E-state index in [4.69, 9.17) is 10.00 Å². The van der Waals surface area contributed by atoms with Crippen molar-refractivity contribution in [2.24, 2.45) is 0 Å². The van der Waals surface area contributed by atoms with Gasteiger partial charge in [-0.1, -0.05) is 20.8 Å². The number of hydrogen-bond donors (Lipinski definition) is 2. The molecule has 2 aromatic rings. The number of carbonyl (C=O) groups is 1. The average molecular weight is 474 g/mol. The second kappa shape index (κ2) is 12.2. The Morgan fingerprint density at radius 3 is 2.36 bits per heavy atom. The molecule has 33 heavy (non-hydrogen) atoms. The largest absolute Gasteiger partial charge is 0.444 e. The zero-order valence-corrected chi connectivity index (χ0v) is 21.9. The van der Waals surface area contributed by atoms with E-state index >= 15 is 0 Å². The fourth-order valence-electron chi connectivity index (χ4n) is 4.36. The maximum absolute atomic E-state index is 12.0. The lowest BCUT2D eigenvalue weighted by molar-refractivity contribution is 0.0492. The molecule has 2 N–H and O–H groups in total. The second-order valence-electron chi connectivity index (χ2n) is 9.34. The van der Waals surface area contributed by atoms with Crippen LogP contribution in [0.25, 0.3) is 10.2 Å². The summed E-state index contributed by atoms with van der Waals surface area (Å²) < 4.78 is 5.37. The molecule has 1 atom stereocenters. The van der Waals surface area contributed by atoms with E-state index in [1.807, 2.05) is 46.0 Å². The Balaban J connectivity index is 0.000000714. The van der Waals surface area contributed by atoms with Crippen LogP contribution >= 0.6 is 11.3 Å². The Kier molecular flexibility index (Phi) is 9.90. The van der Waals surface area contributed by atoms with Crippen molar-refractivity contribution in [3.63, 3.8) is 0 Å². The summed E-state index contributed by atoms with van der Waals surface area (Å²) in [5, 5.41) is 15.3. The number of nitrogens with one attached hydrogen (secondary N) is 2. The lowest BCUT2D eigenvalue weighted by Crippen LogP contribution is -2.42. The summed E-state index contributed by atoms with van der Waals surface area (Å²) in [6, 6.07) is 2.31. The zero-order valence-electron chi connectivity index (χ0n) is 21.1. The third-order valence-corrected chi connectivity index (χ3v) is 6.86. The Labute approximate surface area is 202 Å². The summed E-state index contributed by atoms with van der Waals surface area (Å²) >= 11 is 1.83. The summed E-state index contributed by atoms with van der Waals surface area (Å²) in [5.74, 6) is 1.57. The van der Waals surface area contributed by atoms with Crippen LogP contribution in [-0.2, 0) is 11.2 Å². The fourth-order valence-corrected chi connectivity index (χ4v) is 5.63. The second-order valence-corrected chi connectivity index (χ2v) is 10.4. The van der Waals surface area contributed by atoms with E-state index < -0.39 is 5.60 Å². The smallest absolute Gasteiger partial charge is 0.407 e. The van der Waals surface area contributed by atoms with Crippen molar-refractivity contribution >= 4 is 33.5 Å². The maximum Gasteiger partial charge on any atom is 0.407 e. The third kappa shape index (κ3) is 7.29. The number of anilines is 1. The van der Waals surface area contributed by atoms with Crippen LogP contribution in [0.4, 0.5) is 10.6 Å². The van der Waals surface area contributed by atoms with Gasteiger partial charge in [0.2, 0.25) is 0 Å². The Morgan fingerprint density at radius 2 is 1.76 bits per heavy atom. The molecule has 0 unspecified atom stereocenters. The van der Waals surface area contributed by atoms with Gasteiger partial charge in [0.15, 0.2) is 0 Å². The van der Waals surface area contributed by atoms with Crippen molar-refractivity contribution in [2.75, 3.05) is 5.32 Å². The minimum Gasteiger partial charge on any atom is -0.444 e. The lowest BCUT2D eigenvalue weighted by Gasteiger charge is -2.31. The number of alkyl carbamates (subject to hydrolysis) is 1. The van der Waals surface area contributed by atoms with E-state index in [1.165, 1.54) is 35.6 Å². The van der Waals surface area contributed by atoms with Crippen LogP contribution < -0.4 is 10.6 Å². The first kappa shape index (κ1) is 26.8. The molecule has 4 rings (SSSR count). The Bertz CT molecular complexity index is 952. The minimum atomic E-state index is -0.459. The summed E-state index contributed by atoms with van der Waals surface area (Å²) in [6.07, 6.45) is 7.67. The number of aromatic nitrogens is 2. The summed E-state index contributed by atoms with van der Waals surface area (Å²) in [4.78, 5) is 23.7. The van der Waals surface area contributed by atoms with Gasteiger partial charge in [0, 0.05) is 23.9 Å². The van der Waals surface area contributed by atoms with Crippen LogP contribution in [0.2, 0.25) is 0 Å². The van der Waals surface area contributed by atoms with E-state index in [-0.39, 0.29) is 12.1 Å². The van der Waals surface area contributed by atoms with Gasteiger partial charge >= 0.3 is 6.09 Å². The quantitative estimate of drug-likeness (QED) is 0.524. The molecule has 2 aliphatic rings. The molecule has 7 nitrogen and oxygen atoms in total. The van der Waals surface area contributed by atoms with Gasteiger partial charge in [-0.15, -0.1) is 11.3 Å². The normalized spacial score (nSPS) is 21.5. The first-order valence-corrected chi connectivity index (χ1v) is 12.9. The number of amides is 1. The number of aryl methyl sites for hydroxylation is 1. The van der Waals surface area contributed by atoms with Crippen LogP contribution in [0.1, 0.15) is 96.9 Å². The molecule has 2 aliphatic carbocycles. The Morgan fingerprint density at radius 1 is 1.15 bits per heavy atom. The number of hydrogen-bond acceptors (Lipinski definition) is 7. The van der Waals surface area contributed by atoms with Gasteiger partial charge in [-0.25, -0.2) is 14.8 Å². The molecule has 0 aromatic carbocycles. The molecule has 0 aliphatic heterocycles. The molecule has 2 heterocycles. The van der Waals surface area contributed by atoms with E-state index in [0.717, 1.165) is 36.3 Å². The van der Waals surface area contributed by atoms with Crippen LogP contribution in [0.3, 0.4) is 0 Å². The number of carbonyl (C=O) groups excluding carboxylic acids is 1. The molecule has 8 heteroatoms. The van der Waals surface area contributed by atoms with E-state index in [1.54, 1.807) is 12.4 Å². The topological polar surface area (TPSA) is 99.9 Å². The van der Waals surface area contributed by atoms with Gasteiger partial charge in [0.05, 0.1) is 11.5 Å². The molecule has 0 spiro atoms. The standard InChI is InChI=1S/C21H30N4O2S.C2H3N.C2H6/c1-12-5-10-15-16(12)17-18(22-11-23-19(17)28-15)24-13-6-8-14(9-7-13)25-20(26)27-21(2,3)4;1-2-3;1-2/h11-14H,5-10H2,1-4H3,(H,25,26)(H,22,23,24);1H3;1-2H3/t12-,13?,14?;;/m0../s1. The van der Waals surface area contributed by atoms with Gasteiger partial charge in [0.1, 0.15) is 22.6 Å². The van der Waals surface area contributed by atoms with Crippen molar-refractivity contribution in [3.05, 3.63) is 16.8 Å². The molecule has 1 fully saturated rings. The maximum atomic E-state index is 12.0. The summed E-state index contributed by atoms with van der Waals surface area (Å²) in [7, 11) is 0. The molecular formula is C25H39N5O2S.